The predicted octanol–water partition coefficient (Wildman–Crippen LogP) is 3.37. The zero-order valence-corrected chi connectivity index (χ0v) is 17.6. The highest BCUT2D eigenvalue weighted by Crippen LogP contribution is 2.27. The first-order valence-corrected chi connectivity index (χ1v) is 10.0. The molecule has 2 aromatic rings. The molecule has 2 amide bonds. The molecule has 9 heteroatoms. The maximum atomic E-state index is 13.1. The molecule has 1 saturated heterocycles. The monoisotopic (exact) mass is 429 g/mol. The Kier molecular flexibility index (Phi) is 6.89. The third-order valence-electron chi connectivity index (χ3n) is 4.97. The van der Waals surface area contributed by atoms with E-state index in [0.29, 0.717) is 34.6 Å². The summed E-state index contributed by atoms with van der Waals surface area (Å²) >= 11 is 5.98. The minimum Gasteiger partial charge on any atom is -0.480 e. The highest BCUT2D eigenvalue weighted by Gasteiger charge is 2.35. The van der Waals surface area contributed by atoms with Crippen LogP contribution in [-0.2, 0) is 4.79 Å². The van der Waals surface area contributed by atoms with Crippen LogP contribution in [0.1, 0.15) is 30.1 Å². The number of aromatic nitrogens is 2. The van der Waals surface area contributed by atoms with Gasteiger partial charge in [0.15, 0.2) is 0 Å². The number of rotatable bonds is 7. The Morgan fingerprint density at radius 1 is 1.37 bits per heavy atom. The average Bonchev–Trinajstić information content (AvgIpc) is 3.17. The Morgan fingerprint density at radius 2 is 2.10 bits per heavy atom. The van der Waals surface area contributed by atoms with Crippen LogP contribution in [0.2, 0.25) is 5.02 Å². The third kappa shape index (κ3) is 4.88. The van der Waals surface area contributed by atoms with E-state index in [1.54, 1.807) is 24.3 Å². The van der Waals surface area contributed by atoms with Crippen molar-refractivity contribution in [2.75, 3.05) is 24.3 Å². The first-order valence-electron chi connectivity index (χ1n) is 9.62. The van der Waals surface area contributed by atoms with E-state index >= 15 is 0 Å². The number of carbonyl (C=O) groups is 2. The summed E-state index contributed by atoms with van der Waals surface area (Å²) in [6.45, 7) is 6.01. The summed E-state index contributed by atoms with van der Waals surface area (Å²) in [4.78, 5) is 34.8. The number of nitrogens with zero attached hydrogens (tertiary/aromatic N) is 3. The lowest BCUT2D eigenvalue weighted by Gasteiger charge is -2.23. The van der Waals surface area contributed by atoms with Crippen LogP contribution in [0.15, 0.2) is 43.1 Å². The molecule has 0 bridgehead atoms. The third-order valence-corrected chi connectivity index (χ3v) is 5.23. The van der Waals surface area contributed by atoms with Crippen molar-refractivity contribution >= 4 is 35.1 Å². The van der Waals surface area contributed by atoms with Gasteiger partial charge >= 0.3 is 0 Å². The van der Waals surface area contributed by atoms with Crippen LogP contribution in [0, 0.1) is 0 Å². The van der Waals surface area contributed by atoms with E-state index in [9.17, 15) is 9.59 Å². The fraction of sp³-hybridized carbons (Fsp3) is 0.333. The van der Waals surface area contributed by atoms with Gasteiger partial charge in [0.1, 0.15) is 5.02 Å². The topological polar surface area (TPSA) is 96.5 Å². The first-order chi connectivity index (χ1) is 14.4. The molecule has 1 aliphatic rings. The molecule has 1 aliphatic heterocycles. The number of hydrogen-bond donors (Lipinski definition) is 2. The van der Waals surface area contributed by atoms with E-state index in [1.165, 1.54) is 19.4 Å². The van der Waals surface area contributed by atoms with Crippen LogP contribution in [0.25, 0.3) is 0 Å². The van der Waals surface area contributed by atoms with Crippen molar-refractivity contribution in [3.05, 3.63) is 53.7 Å². The largest absolute Gasteiger partial charge is 0.480 e. The average molecular weight is 430 g/mol. The van der Waals surface area contributed by atoms with Crippen molar-refractivity contribution in [3.63, 3.8) is 0 Å². The fourth-order valence-electron chi connectivity index (χ4n) is 3.46. The van der Waals surface area contributed by atoms with Crippen molar-refractivity contribution in [3.8, 4) is 5.88 Å². The standard InChI is InChI=1S/C21H24ClN5O3/c1-4-16-10-15(25-21-23-11-17(22)19(26-21)30-3)12-27(16)20(29)13-6-8-14(9-7-13)24-18(28)5-2/h5-9,11,15-16H,2,4,10,12H2,1,3H3,(H,24,28)(H,23,25,26)/t15-,16?/m1/s1. The Morgan fingerprint density at radius 3 is 2.73 bits per heavy atom. The second-order valence-corrected chi connectivity index (χ2v) is 7.33. The molecule has 0 saturated carbocycles. The SMILES string of the molecule is C=CC(=O)Nc1ccc(C(=O)N2C[C@H](Nc3ncc(Cl)c(OC)n3)CC2CC)cc1. The molecule has 1 unspecified atom stereocenters. The molecule has 3 rings (SSSR count). The Bertz CT molecular complexity index is 935. The number of anilines is 2. The molecular weight excluding hydrogens is 406 g/mol. The number of methoxy groups -OCH3 is 1. The molecule has 1 aromatic heterocycles. The van der Waals surface area contributed by atoms with Gasteiger partial charge in [0.2, 0.25) is 17.7 Å². The number of likely N-dealkylation sites (tertiary alicyclic amines) is 1. The quantitative estimate of drug-likeness (QED) is 0.655. The Balaban J connectivity index is 1.69. The van der Waals surface area contributed by atoms with E-state index < -0.39 is 0 Å². The van der Waals surface area contributed by atoms with Crippen LogP contribution in [0.5, 0.6) is 5.88 Å². The smallest absolute Gasteiger partial charge is 0.254 e. The van der Waals surface area contributed by atoms with Gasteiger partial charge in [0.05, 0.1) is 13.3 Å². The molecule has 158 valence electrons. The molecule has 8 nitrogen and oxygen atoms in total. The zero-order chi connectivity index (χ0) is 21.7. The number of halogens is 1. The molecule has 1 fully saturated rings. The van der Waals surface area contributed by atoms with Crippen molar-refractivity contribution in [1.29, 1.82) is 0 Å². The van der Waals surface area contributed by atoms with E-state index in [-0.39, 0.29) is 23.9 Å². The van der Waals surface area contributed by atoms with Crippen molar-refractivity contribution in [1.82, 2.24) is 14.9 Å². The molecule has 1 aromatic carbocycles. The Labute approximate surface area is 180 Å². The number of amides is 2. The van der Waals surface area contributed by atoms with E-state index in [0.717, 1.165) is 12.8 Å². The second-order valence-electron chi connectivity index (χ2n) is 6.92. The highest BCUT2D eigenvalue weighted by molar-refractivity contribution is 6.31. The Hall–Kier alpha value is -3.13. The summed E-state index contributed by atoms with van der Waals surface area (Å²) in [5.74, 6) is 0.362. The zero-order valence-electron chi connectivity index (χ0n) is 16.9. The summed E-state index contributed by atoms with van der Waals surface area (Å²) in [7, 11) is 1.50. The summed E-state index contributed by atoms with van der Waals surface area (Å²) in [5.41, 5.74) is 1.17. The van der Waals surface area contributed by atoms with Gasteiger partial charge in [-0.25, -0.2) is 4.98 Å². The summed E-state index contributed by atoms with van der Waals surface area (Å²) in [6.07, 6.45) is 4.30. The van der Waals surface area contributed by atoms with Gasteiger partial charge in [-0.15, -0.1) is 0 Å². The highest BCUT2D eigenvalue weighted by atomic mass is 35.5. The van der Waals surface area contributed by atoms with Crippen LogP contribution in [0.4, 0.5) is 11.6 Å². The van der Waals surface area contributed by atoms with Gasteiger partial charge < -0.3 is 20.3 Å². The number of carbonyl (C=O) groups excluding carboxylic acids is 2. The molecular formula is C21H24ClN5O3. The van der Waals surface area contributed by atoms with Gasteiger partial charge in [0.25, 0.3) is 5.91 Å². The van der Waals surface area contributed by atoms with Gasteiger partial charge in [-0.05, 0) is 43.2 Å². The maximum absolute atomic E-state index is 13.1. The maximum Gasteiger partial charge on any atom is 0.254 e. The van der Waals surface area contributed by atoms with Crippen molar-refractivity contribution in [2.45, 2.75) is 31.8 Å². The van der Waals surface area contributed by atoms with E-state index in [4.69, 9.17) is 16.3 Å². The number of ether oxygens (including phenoxy) is 1. The second kappa shape index (κ2) is 9.58. The van der Waals surface area contributed by atoms with Gasteiger partial charge in [-0.3, -0.25) is 9.59 Å². The van der Waals surface area contributed by atoms with E-state index in [2.05, 4.69) is 34.1 Å². The summed E-state index contributed by atoms with van der Waals surface area (Å²) < 4.78 is 5.13. The predicted molar refractivity (Wildman–Crippen MR) is 116 cm³/mol. The van der Waals surface area contributed by atoms with Crippen LogP contribution in [0.3, 0.4) is 0 Å². The molecule has 2 heterocycles. The van der Waals surface area contributed by atoms with Crippen molar-refractivity contribution < 1.29 is 14.3 Å². The summed E-state index contributed by atoms with van der Waals surface area (Å²) in [5, 5.41) is 6.28. The lowest BCUT2D eigenvalue weighted by molar-refractivity contribution is -0.111. The normalized spacial score (nSPS) is 18.0. The van der Waals surface area contributed by atoms with Gasteiger partial charge in [-0.1, -0.05) is 25.1 Å². The van der Waals surface area contributed by atoms with Gasteiger partial charge in [0, 0.05) is 29.9 Å². The number of hydrogen-bond acceptors (Lipinski definition) is 6. The molecule has 2 N–H and O–H groups in total. The number of nitrogens with one attached hydrogen (secondary N) is 2. The fourth-order valence-corrected chi connectivity index (χ4v) is 3.63. The summed E-state index contributed by atoms with van der Waals surface area (Å²) in [6, 6.07) is 6.94. The van der Waals surface area contributed by atoms with Crippen LogP contribution in [-0.4, -0.2) is 52.4 Å². The lowest BCUT2D eigenvalue weighted by atomic mass is 10.1. The van der Waals surface area contributed by atoms with Gasteiger partial charge in [-0.2, -0.15) is 4.98 Å². The van der Waals surface area contributed by atoms with E-state index in [1.807, 2.05) is 4.90 Å². The molecule has 30 heavy (non-hydrogen) atoms. The van der Waals surface area contributed by atoms with Crippen molar-refractivity contribution in [2.24, 2.45) is 0 Å². The van der Waals surface area contributed by atoms with Crippen LogP contribution >= 0.6 is 11.6 Å². The molecule has 0 spiro atoms. The molecule has 0 radical (unpaired) electrons. The lowest BCUT2D eigenvalue weighted by Crippen LogP contribution is -2.36. The minimum absolute atomic E-state index is 0.0101. The molecule has 2 atom stereocenters. The number of benzene rings is 1. The first kappa shape index (κ1) is 21.6. The minimum atomic E-state index is -0.297. The van der Waals surface area contributed by atoms with Crippen LogP contribution < -0.4 is 15.4 Å². The molecule has 0 aliphatic carbocycles.